The number of nitrogens with zero attached hydrogens (tertiary/aromatic N) is 4. The molecule has 3 N–H and O–H groups in total. The zero-order chi connectivity index (χ0) is 20.9. The Morgan fingerprint density at radius 1 is 1.17 bits per heavy atom. The molecule has 0 unspecified atom stereocenters. The average molecular weight is 425 g/mol. The lowest BCUT2D eigenvalue weighted by atomic mass is 9.93. The number of anilines is 1. The van der Waals surface area contributed by atoms with Gasteiger partial charge in [0, 0.05) is 24.3 Å². The number of nitrogens with one attached hydrogen (secondary N) is 1. The highest BCUT2D eigenvalue weighted by atomic mass is 32.2. The average Bonchev–Trinajstić information content (AvgIpc) is 3.34. The highest BCUT2D eigenvalue weighted by Crippen LogP contribution is 2.39. The summed E-state index contributed by atoms with van der Waals surface area (Å²) in [5.74, 6) is 0.556. The van der Waals surface area contributed by atoms with Gasteiger partial charge in [-0.05, 0) is 75.7 Å². The molecule has 0 spiro atoms. The molecule has 0 radical (unpaired) electrons. The molecule has 7 heteroatoms. The van der Waals surface area contributed by atoms with Crippen LogP contribution in [0.2, 0.25) is 0 Å². The standard InChI is InChI=1S/C18H21N5S.C5H11N/c1-24-22-9-12-4-2-5-13(8-12)15-10-23(14-6-3-7-14)18-16(15)17(19)20-11-21-18;1-6-4-2-3-5-6/h2,4-5,8,10-11,14,22H,3,6-7,9H2,1H3,(H2,19,20,21);2-5H2,1H3. The Kier molecular flexibility index (Phi) is 6.92. The van der Waals surface area contributed by atoms with Crippen molar-refractivity contribution >= 4 is 28.8 Å². The largest absolute Gasteiger partial charge is 0.383 e. The number of nitrogens with two attached hydrogens (primary N) is 1. The molecule has 2 fully saturated rings. The Labute approximate surface area is 183 Å². The summed E-state index contributed by atoms with van der Waals surface area (Å²) >= 11 is 1.63. The van der Waals surface area contributed by atoms with Gasteiger partial charge in [0.2, 0.25) is 0 Å². The number of nitrogen functional groups attached to an aromatic ring is 1. The van der Waals surface area contributed by atoms with Crippen molar-refractivity contribution in [3.8, 4) is 11.1 Å². The van der Waals surface area contributed by atoms with Crippen molar-refractivity contribution in [2.24, 2.45) is 0 Å². The van der Waals surface area contributed by atoms with Gasteiger partial charge < -0.3 is 15.2 Å². The Morgan fingerprint density at radius 3 is 2.60 bits per heavy atom. The molecule has 1 saturated heterocycles. The van der Waals surface area contributed by atoms with Crippen LogP contribution in [0.25, 0.3) is 22.2 Å². The van der Waals surface area contributed by atoms with E-state index in [2.05, 4.69) is 61.7 Å². The first-order chi connectivity index (χ1) is 14.7. The van der Waals surface area contributed by atoms with E-state index in [4.69, 9.17) is 5.73 Å². The van der Waals surface area contributed by atoms with E-state index in [0.717, 1.165) is 23.1 Å². The minimum absolute atomic E-state index is 0.539. The normalized spacial score (nSPS) is 17.0. The van der Waals surface area contributed by atoms with Crippen molar-refractivity contribution in [3.63, 3.8) is 0 Å². The van der Waals surface area contributed by atoms with Gasteiger partial charge in [-0.3, -0.25) is 4.72 Å². The molecule has 3 aromatic rings. The third-order valence-corrected chi connectivity index (χ3v) is 6.53. The molecular formula is C23H32N6S. The predicted molar refractivity (Wildman–Crippen MR) is 127 cm³/mol. The van der Waals surface area contributed by atoms with Crippen LogP contribution >= 0.6 is 11.9 Å². The van der Waals surface area contributed by atoms with E-state index in [9.17, 15) is 0 Å². The first-order valence-electron chi connectivity index (χ1n) is 10.8. The maximum atomic E-state index is 6.21. The molecule has 0 atom stereocenters. The van der Waals surface area contributed by atoms with Crippen LogP contribution in [0.4, 0.5) is 5.82 Å². The number of hydrogen-bond acceptors (Lipinski definition) is 6. The van der Waals surface area contributed by atoms with Crippen LogP contribution in [0.15, 0.2) is 36.8 Å². The molecule has 30 heavy (non-hydrogen) atoms. The molecule has 3 heterocycles. The van der Waals surface area contributed by atoms with Crippen molar-refractivity contribution in [1.82, 2.24) is 24.2 Å². The molecule has 160 valence electrons. The number of aromatic nitrogens is 3. The van der Waals surface area contributed by atoms with Crippen LogP contribution in [0.3, 0.4) is 0 Å². The van der Waals surface area contributed by atoms with Crippen molar-refractivity contribution in [1.29, 1.82) is 0 Å². The number of likely N-dealkylation sites (tertiary alicyclic amines) is 1. The third-order valence-electron chi connectivity index (χ3n) is 6.10. The number of benzene rings is 1. The second-order valence-corrected chi connectivity index (χ2v) is 8.93. The van der Waals surface area contributed by atoms with Gasteiger partial charge in [-0.2, -0.15) is 0 Å². The number of hydrogen-bond donors (Lipinski definition) is 2. The lowest BCUT2D eigenvalue weighted by Crippen LogP contribution is -2.16. The van der Waals surface area contributed by atoms with Crippen molar-refractivity contribution in [2.45, 2.75) is 44.7 Å². The van der Waals surface area contributed by atoms with Crippen LogP contribution in [-0.2, 0) is 6.54 Å². The van der Waals surface area contributed by atoms with Crippen molar-refractivity contribution < 1.29 is 0 Å². The van der Waals surface area contributed by atoms with Gasteiger partial charge in [0.25, 0.3) is 0 Å². The van der Waals surface area contributed by atoms with Gasteiger partial charge in [0.15, 0.2) is 0 Å². The number of rotatable bonds is 5. The van der Waals surface area contributed by atoms with E-state index in [1.807, 2.05) is 6.26 Å². The maximum absolute atomic E-state index is 6.21. The molecule has 1 saturated carbocycles. The summed E-state index contributed by atoms with van der Waals surface area (Å²) in [5, 5.41) is 0.972. The van der Waals surface area contributed by atoms with Gasteiger partial charge in [0.05, 0.1) is 5.39 Å². The van der Waals surface area contributed by atoms with Gasteiger partial charge in [-0.15, -0.1) is 0 Å². The van der Waals surface area contributed by atoms with Crippen LogP contribution in [0.1, 0.15) is 43.7 Å². The minimum atomic E-state index is 0.539. The molecule has 1 aromatic carbocycles. The molecule has 0 amide bonds. The van der Waals surface area contributed by atoms with Gasteiger partial charge >= 0.3 is 0 Å². The van der Waals surface area contributed by atoms with E-state index < -0.39 is 0 Å². The Balaban J connectivity index is 0.000000313. The molecule has 1 aliphatic carbocycles. The fourth-order valence-electron chi connectivity index (χ4n) is 4.15. The fourth-order valence-corrected chi connectivity index (χ4v) is 4.46. The molecule has 1 aliphatic heterocycles. The maximum Gasteiger partial charge on any atom is 0.146 e. The predicted octanol–water partition coefficient (Wildman–Crippen LogP) is 4.49. The van der Waals surface area contributed by atoms with Crippen LogP contribution in [0, 0.1) is 0 Å². The van der Waals surface area contributed by atoms with Crippen molar-refractivity contribution in [2.75, 3.05) is 32.1 Å². The van der Waals surface area contributed by atoms with E-state index in [1.54, 1.807) is 18.3 Å². The smallest absolute Gasteiger partial charge is 0.146 e. The van der Waals surface area contributed by atoms with E-state index in [1.165, 1.54) is 56.3 Å². The van der Waals surface area contributed by atoms with Gasteiger partial charge in [-0.1, -0.05) is 30.1 Å². The summed E-state index contributed by atoms with van der Waals surface area (Å²) < 4.78 is 5.59. The lowest BCUT2D eigenvalue weighted by Gasteiger charge is -2.27. The second-order valence-electron chi connectivity index (χ2n) is 8.23. The van der Waals surface area contributed by atoms with Crippen LogP contribution in [0.5, 0.6) is 0 Å². The summed E-state index contributed by atoms with van der Waals surface area (Å²) in [7, 11) is 2.17. The van der Waals surface area contributed by atoms with Crippen molar-refractivity contribution in [3.05, 3.63) is 42.4 Å². The first-order valence-corrected chi connectivity index (χ1v) is 12.0. The fraction of sp³-hybridized carbons (Fsp3) is 0.478. The summed E-state index contributed by atoms with van der Waals surface area (Å²) in [4.78, 5) is 11.1. The Bertz CT molecular complexity index is 975. The topological polar surface area (TPSA) is 72.0 Å². The highest BCUT2D eigenvalue weighted by Gasteiger charge is 2.24. The zero-order valence-corrected chi connectivity index (χ0v) is 18.8. The monoisotopic (exact) mass is 424 g/mol. The summed E-state index contributed by atoms with van der Waals surface area (Å²) in [6.45, 7) is 3.47. The molecule has 2 aromatic heterocycles. The van der Waals surface area contributed by atoms with Crippen LogP contribution < -0.4 is 10.5 Å². The van der Waals surface area contributed by atoms with E-state index in [0.29, 0.717) is 11.9 Å². The Morgan fingerprint density at radius 2 is 1.97 bits per heavy atom. The van der Waals surface area contributed by atoms with Gasteiger partial charge in [-0.25, -0.2) is 9.97 Å². The van der Waals surface area contributed by atoms with Gasteiger partial charge in [0.1, 0.15) is 17.8 Å². The number of fused-ring (bicyclic) bond motifs is 1. The molecule has 0 bridgehead atoms. The third kappa shape index (κ3) is 4.63. The Hall–Kier alpha value is -2.09. The quantitative estimate of drug-likeness (QED) is 0.588. The SMILES string of the molecule is CN1CCCC1.CSNCc1cccc(-c2cn(C3CCC3)c3ncnc(N)c23)c1. The summed E-state index contributed by atoms with van der Waals surface area (Å²) in [6.07, 6.45) is 12.4. The lowest BCUT2D eigenvalue weighted by molar-refractivity contribution is 0.320. The minimum Gasteiger partial charge on any atom is -0.383 e. The summed E-state index contributed by atoms with van der Waals surface area (Å²) in [6, 6.07) is 9.12. The first kappa shape index (κ1) is 21.2. The second kappa shape index (κ2) is 9.81. The molecular weight excluding hydrogens is 392 g/mol. The highest BCUT2D eigenvalue weighted by molar-refractivity contribution is 7.96. The van der Waals surface area contributed by atoms with E-state index >= 15 is 0 Å². The molecule has 6 nitrogen and oxygen atoms in total. The molecule has 5 rings (SSSR count). The summed E-state index contributed by atoms with van der Waals surface area (Å²) in [5.41, 5.74) is 10.7. The molecule has 2 aliphatic rings. The van der Waals surface area contributed by atoms with E-state index in [-0.39, 0.29) is 0 Å². The zero-order valence-electron chi connectivity index (χ0n) is 18.0. The van der Waals surface area contributed by atoms with Crippen LogP contribution in [-0.4, -0.2) is 45.8 Å².